The molecule has 0 bridgehead atoms. The summed E-state index contributed by atoms with van der Waals surface area (Å²) in [5.41, 5.74) is 4.23. The molecule has 0 aliphatic carbocycles. The molecule has 1 aliphatic heterocycles. The Balaban J connectivity index is 1.44. The van der Waals surface area contributed by atoms with Gasteiger partial charge in [-0.05, 0) is 51.2 Å². The zero-order chi connectivity index (χ0) is 26.5. The summed E-state index contributed by atoms with van der Waals surface area (Å²) in [5.74, 6) is 0.375. The Labute approximate surface area is 222 Å². The van der Waals surface area contributed by atoms with Gasteiger partial charge in [0.1, 0.15) is 30.1 Å². The molecule has 8 heteroatoms. The van der Waals surface area contributed by atoms with Gasteiger partial charge in [-0.15, -0.1) is 0 Å². The first-order valence-corrected chi connectivity index (χ1v) is 13.2. The Morgan fingerprint density at radius 3 is 2.63 bits per heavy atom. The maximum Gasteiger partial charge on any atom is 0.196 e. The molecule has 2 aromatic carbocycles. The van der Waals surface area contributed by atoms with Gasteiger partial charge >= 0.3 is 0 Å². The van der Waals surface area contributed by atoms with E-state index in [-0.39, 0.29) is 11.9 Å². The number of nitrogens with zero attached hydrogens (tertiary/aromatic N) is 5. The van der Waals surface area contributed by atoms with Crippen molar-refractivity contribution in [3.8, 4) is 22.4 Å². The van der Waals surface area contributed by atoms with Crippen LogP contribution in [0.15, 0.2) is 71.5 Å². The minimum Gasteiger partial charge on any atom is -0.448 e. The van der Waals surface area contributed by atoms with E-state index in [9.17, 15) is 9.18 Å². The predicted octanol–water partition coefficient (Wildman–Crippen LogP) is 5.24. The minimum absolute atomic E-state index is 0.0919. The van der Waals surface area contributed by atoms with Gasteiger partial charge in [-0.2, -0.15) is 5.10 Å². The van der Waals surface area contributed by atoms with Crippen LogP contribution in [0, 0.1) is 5.82 Å². The molecule has 0 N–H and O–H groups in total. The average Bonchev–Trinajstić information content (AvgIpc) is 3.57. The summed E-state index contributed by atoms with van der Waals surface area (Å²) in [6.45, 7) is 2.29. The lowest BCUT2D eigenvalue weighted by atomic mass is 9.94. The third-order valence-electron chi connectivity index (χ3n) is 7.19. The number of halogens is 1. The maximum absolute atomic E-state index is 13.7. The fourth-order valence-corrected chi connectivity index (χ4v) is 5.18. The minimum atomic E-state index is -0.524. The van der Waals surface area contributed by atoms with Gasteiger partial charge in [0.15, 0.2) is 5.89 Å². The van der Waals surface area contributed by atoms with Crippen LogP contribution in [-0.2, 0) is 17.8 Å². The van der Waals surface area contributed by atoms with E-state index in [1.54, 1.807) is 18.4 Å². The number of likely N-dealkylation sites (tertiary alicyclic amines) is 1. The summed E-state index contributed by atoms with van der Waals surface area (Å²) in [6.07, 6.45) is 8.33. The Morgan fingerprint density at radius 2 is 1.89 bits per heavy atom. The second kappa shape index (κ2) is 11.8. The van der Waals surface area contributed by atoms with Crippen molar-refractivity contribution in [2.24, 2.45) is 0 Å². The third kappa shape index (κ3) is 5.92. The van der Waals surface area contributed by atoms with Gasteiger partial charge in [0.25, 0.3) is 0 Å². The third-order valence-corrected chi connectivity index (χ3v) is 7.19. The van der Waals surface area contributed by atoms with Crippen molar-refractivity contribution in [2.75, 3.05) is 27.2 Å². The number of carbonyl (C=O) groups excluding carboxylic acids is 1. The first kappa shape index (κ1) is 26.0. The van der Waals surface area contributed by atoms with Gasteiger partial charge in [0.2, 0.25) is 0 Å². The summed E-state index contributed by atoms with van der Waals surface area (Å²) in [6, 6.07) is 15.9. The number of benzene rings is 2. The van der Waals surface area contributed by atoms with Gasteiger partial charge in [-0.25, -0.2) is 9.37 Å². The van der Waals surface area contributed by atoms with Crippen molar-refractivity contribution in [3.63, 3.8) is 0 Å². The normalized spacial score (nSPS) is 17.1. The van der Waals surface area contributed by atoms with Crippen LogP contribution in [0.3, 0.4) is 0 Å². The summed E-state index contributed by atoms with van der Waals surface area (Å²) >= 11 is 0. The van der Waals surface area contributed by atoms with Crippen molar-refractivity contribution >= 4 is 6.29 Å². The van der Waals surface area contributed by atoms with Crippen molar-refractivity contribution in [1.82, 2.24) is 24.6 Å². The highest BCUT2D eigenvalue weighted by Gasteiger charge is 2.34. The van der Waals surface area contributed by atoms with Gasteiger partial charge in [-0.1, -0.05) is 48.9 Å². The molecule has 3 heterocycles. The number of piperidine rings is 1. The van der Waals surface area contributed by atoms with Crippen LogP contribution in [-0.4, -0.2) is 64.1 Å². The molecule has 38 heavy (non-hydrogen) atoms. The number of likely N-dealkylation sites (N-methyl/N-ethyl adjacent to an activating group) is 1. The van der Waals surface area contributed by atoms with E-state index in [2.05, 4.69) is 9.80 Å². The summed E-state index contributed by atoms with van der Waals surface area (Å²) < 4.78 is 21.5. The van der Waals surface area contributed by atoms with E-state index >= 15 is 0 Å². The molecule has 1 saturated heterocycles. The topological polar surface area (TPSA) is 67.4 Å². The van der Waals surface area contributed by atoms with Gasteiger partial charge < -0.3 is 14.1 Å². The van der Waals surface area contributed by atoms with Crippen LogP contribution in [0.4, 0.5) is 4.39 Å². The van der Waals surface area contributed by atoms with E-state index in [4.69, 9.17) is 14.5 Å². The zero-order valence-corrected chi connectivity index (χ0v) is 22.0. The fraction of sp³-hybridized carbons (Fsp3) is 0.367. The van der Waals surface area contributed by atoms with Crippen LogP contribution >= 0.6 is 0 Å². The van der Waals surface area contributed by atoms with Crippen LogP contribution in [0.1, 0.15) is 36.9 Å². The largest absolute Gasteiger partial charge is 0.448 e. The molecule has 1 fully saturated rings. The number of oxazole rings is 1. The molecular formula is C30H34FN5O2. The molecule has 1 unspecified atom stereocenters. The summed E-state index contributed by atoms with van der Waals surface area (Å²) in [5, 5.41) is 4.90. The molecule has 2 atom stereocenters. The Morgan fingerprint density at radius 1 is 1.11 bits per heavy atom. The predicted molar refractivity (Wildman–Crippen MR) is 145 cm³/mol. The molecule has 5 rings (SSSR count). The Bertz CT molecular complexity index is 1330. The second-order valence-electron chi connectivity index (χ2n) is 10.2. The smallest absolute Gasteiger partial charge is 0.196 e. The van der Waals surface area contributed by atoms with E-state index < -0.39 is 6.04 Å². The van der Waals surface area contributed by atoms with Gasteiger partial charge in [0.05, 0.1) is 12.2 Å². The van der Waals surface area contributed by atoms with E-state index in [0.29, 0.717) is 24.6 Å². The van der Waals surface area contributed by atoms with E-state index in [0.717, 1.165) is 61.0 Å². The molecule has 198 valence electrons. The lowest BCUT2D eigenvalue weighted by Gasteiger charge is -2.38. The molecule has 0 spiro atoms. The molecule has 7 nitrogen and oxygen atoms in total. The molecule has 4 aromatic rings. The van der Waals surface area contributed by atoms with Crippen molar-refractivity contribution in [3.05, 3.63) is 84.5 Å². The Hall–Kier alpha value is -3.62. The highest BCUT2D eigenvalue weighted by Crippen LogP contribution is 2.34. The molecule has 2 aromatic heterocycles. The second-order valence-corrected chi connectivity index (χ2v) is 10.2. The fourth-order valence-electron chi connectivity index (χ4n) is 5.18. The van der Waals surface area contributed by atoms with Crippen molar-refractivity contribution in [1.29, 1.82) is 0 Å². The van der Waals surface area contributed by atoms with Crippen molar-refractivity contribution < 1.29 is 13.6 Å². The van der Waals surface area contributed by atoms with Gasteiger partial charge in [0, 0.05) is 36.3 Å². The van der Waals surface area contributed by atoms with Crippen LogP contribution in [0.2, 0.25) is 0 Å². The summed E-state index contributed by atoms with van der Waals surface area (Å²) in [7, 11) is 4.04. The van der Waals surface area contributed by atoms with Crippen LogP contribution in [0.25, 0.3) is 22.4 Å². The van der Waals surface area contributed by atoms with Gasteiger partial charge in [-0.3, -0.25) is 9.58 Å². The SMILES string of the molecule is CN(C)CCn1cc(-c2ccc(F)cc2)c([C@@H](C=O)N2CCCCC2Cc2nc(-c3ccccc3)co2)n1. The first-order chi connectivity index (χ1) is 18.5. The lowest BCUT2D eigenvalue weighted by Crippen LogP contribution is -2.44. The highest BCUT2D eigenvalue weighted by molar-refractivity contribution is 5.72. The van der Waals surface area contributed by atoms with Crippen LogP contribution < -0.4 is 0 Å². The molecular weight excluding hydrogens is 481 g/mol. The average molecular weight is 516 g/mol. The number of aldehydes is 1. The standard InChI is InChI=1S/C30H34FN5O2/c1-34(2)16-17-35-19-26(22-11-13-24(31)14-12-22)30(33-35)28(20-37)36-15-7-6-10-25(36)18-29-32-27(21-38-29)23-8-4-3-5-9-23/h3-5,8-9,11-14,19-21,25,28H,6-7,10,15-18H2,1-2H3/t25?,28-/m1/s1. The van der Waals surface area contributed by atoms with E-state index in [1.807, 2.05) is 55.3 Å². The number of carbonyl (C=O) groups is 1. The molecule has 0 amide bonds. The number of hydrogen-bond donors (Lipinski definition) is 0. The molecule has 0 radical (unpaired) electrons. The van der Waals surface area contributed by atoms with E-state index in [1.165, 1.54) is 12.1 Å². The van der Waals surface area contributed by atoms with Crippen LogP contribution in [0.5, 0.6) is 0 Å². The number of hydrogen-bond acceptors (Lipinski definition) is 6. The maximum atomic E-state index is 13.7. The highest BCUT2D eigenvalue weighted by atomic mass is 19.1. The molecule has 1 aliphatic rings. The monoisotopic (exact) mass is 515 g/mol. The molecule has 0 saturated carbocycles. The van der Waals surface area contributed by atoms with Crippen molar-refractivity contribution in [2.45, 2.75) is 44.3 Å². The zero-order valence-electron chi connectivity index (χ0n) is 22.0. The first-order valence-electron chi connectivity index (χ1n) is 13.2. The lowest BCUT2D eigenvalue weighted by molar-refractivity contribution is -0.114. The number of rotatable bonds is 10. The quantitative estimate of drug-likeness (QED) is 0.269. The number of aromatic nitrogens is 3. The summed E-state index contributed by atoms with van der Waals surface area (Å²) in [4.78, 5) is 21.8. The Kier molecular flexibility index (Phi) is 8.10.